The van der Waals surface area contributed by atoms with E-state index >= 15 is 0 Å². The summed E-state index contributed by atoms with van der Waals surface area (Å²) in [6, 6.07) is 16.1. The van der Waals surface area contributed by atoms with Crippen molar-refractivity contribution < 1.29 is 9.47 Å². The van der Waals surface area contributed by atoms with Crippen molar-refractivity contribution in [3.63, 3.8) is 0 Å². The third-order valence-corrected chi connectivity index (χ3v) is 5.87. The smallest absolute Gasteiger partial charge is 0.224 e. The topological polar surface area (TPSA) is 83.3 Å². The van der Waals surface area contributed by atoms with Crippen molar-refractivity contribution in [2.45, 2.75) is 19.9 Å². The van der Waals surface area contributed by atoms with E-state index in [1.165, 1.54) is 11.1 Å². The minimum Gasteiger partial charge on any atom is -0.438 e. The van der Waals surface area contributed by atoms with E-state index < -0.39 is 0 Å². The number of hydrogen-bond acceptors (Lipinski definition) is 7. The van der Waals surface area contributed by atoms with Gasteiger partial charge in [-0.3, -0.25) is 0 Å². The van der Waals surface area contributed by atoms with Gasteiger partial charge >= 0.3 is 0 Å². The Hall–Kier alpha value is -3.47. The molecule has 0 radical (unpaired) electrons. The Morgan fingerprint density at radius 3 is 2.78 bits per heavy atom. The van der Waals surface area contributed by atoms with Crippen LogP contribution in [0.25, 0.3) is 11.1 Å². The van der Waals surface area contributed by atoms with Gasteiger partial charge in [0, 0.05) is 31.3 Å². The number of nitrogens with zero attached hydrogens (tertiary/aromatic N) is 4. The van der Waals surface area contributed by atoms with E-state index in [2.05, 4.69) is 44.5 Å². The van der Waals surface area contributed by atoms with Gasteiger partial charge in [-0.15, -0.1) is 0 Å². The van der Waals surface area contributed by atoms with E-state index in [4.69, 9.17) is 9.47 Å². The van der Waals surface area contributed by atoms with Crippen molar-refractivity contribution >= 4 is 5.82 Å². The zero-order valence-electron chi connectivity index (χ0n) is 18.1. The van der Waals surface area contributed by atoms with E-state index in [0.29, 0.717) is 36.2 Å². The number of ether oxygens (including phenoxy) is 2. The Morgan fingerprint density at radius 2 is 1.94 bits per heavy atom. The fourth-order valence-electron chi connectivity index (χ4n) is 4.21. The molecule has 0 unspecified atom stereocenters. The molecule has 0 saturated carbocycles. The number of benzene rings is 2. The zero-order valence-corrected chi connectivity index (χ0v) is 18.1. The zero-order chi connectivity index (χ0) is 21.9. The van der Waals surface area contributed by atoms with Crippen LogP contribution in [-0.4, -0.2) is 42.8 Å². The molecular weight excluding hydrogens is 402 g/mol. The van der Waals surface area contributed by atoms with Gasteiger partial charge in [0.2, 0.25) is 5.88 Å². The maximum absolute atomic E-state index is 9.45. The molecule has 2 aromatic carbocycles. The number of aromatic nitrogens is 2. The quantitative estimate of drug-likeness (QED) is 0.681. The predicted octanol–water partition coefficient (Wildman–Crippen LogP) is 3.60. The Kier molecular flexibility index (Phi) is 5.71. The normalized spacial score (nSPS) is 15.7. The highest BCUT2D eigenvalue weighted by molar-refractivity contribution is 5.73. The lowest BCUT2D eigenvalue weighted by molar-refractivity contribution is 0.122. The Morgan fingerprint density at radius 1 is 1.06 bits per heavy atom. The summed E-state index contributed by atoms with van der Waals surface area (Å²) in [7, 11) is 0. The van der Waals surface area contributed by atoms with Crippen molar-refractivity contribution in [2.24, 2.45) is 0 Å². The second-order valence-corrected chi connectivity index (χ2v) is 8.05. The lowest BCUT2D eigenvalue weighted by Crippen LogP contribution is -2.36. The molecule has 0 amide bonds. The number of anilines is 1. The molecule has 0 spiro atoms. The second kappa shape index (κ2) is 8.95. The van der Waals surface area contributed by atoms with Crippen LogP contribution < -0.4 is 15.0 Å². The number of rotatable bonds is 4. The van der Waals surface area contributed by atoms with Crippen LogP contribution in [0.3, 0.4) is 0 Å². The van der Waals surface area contributed by atoms with Crippen LogP contribution in [0.1, 0.15) is 22.5 Å². The maximum atomic E-state index is 9.45. The minimum atomic E-state index is 0.468. The van der Waals surface area contributed by atoms with Gasteiger partial charge in [0.15, 0.2) is 0 Å². The molecule has 3 aromatic rings. The molecule has 32 heavy (non-hydrogen) atoms. The largest absolute Gasteiger partial charge is 0.438 e. The van der Waals surface area contributed by atoms with E-state index in [0.717, 1.165) is 49.5 Å². The van der Waals surface area contributed by atoms with Gasteiger partial charge in [-0.05, 0) is 60.8 Å². The number of morpholine rings is 1. The highest BCUT2D eigenvalue weighted by Gasteiger charge is 2.17. The molecule has 3 heterocycles. The second-order valence-electron chi connectivity index (χ2n) is 8.05. The van der Waals surface area contributed by atoms with Crippen molar-refractivity contribution in [2.75, 3.05) is 37.7 Å². The van der Waals surface area contributed by atoms with E-state index in [-0.39, 0.29) is 0 Å². The Bertz CT molecular complexity index is 1180. The summed E-state index contributed by atoms with van der Waals surface area (Å²) >= 11 is 0. The first-order valence-corrected chi connectivity index (χ1v) is 10.9. The number of hydrogen-bond donors (Lipinski definition) is 1. The summed E-state index contributed by atoms with van der Waals surface area (Å²) in [6.07, 6.45) is 1.04. The van der Waals surface area contributed by atoms with Gasteiger partial charge in [0.25, 0.3) is 0 Å². The molecule has 2 aliphatic rings. The molecule has 0 bridgehead atoms. The Balaban J connectivity index is 1.51. The number of nitriles is 1. The van der Waals surface area contributed by atoms with E-state index in [1.54, 1.807) is 6.07 Å². The molecule has 1 saturated heterocycles. The van der Waals surface area contributed by atoms with Crippen LogP contribution in [0.2, 0.25) is 0 Å². The minimum absolute atomic E-state index is 0.468. The van der Waals surface area contributed by atoms with Gasteiger partial charge in [0.05, 0.1) is 24.8 Å². The van der Waals surface area contributed by atoms with Crippen molar-refractivity contribution in [3.8, 4) is 28.8 Å². The third-order valence-electron chi connectivity index (χ3n) is 5.87. The first-order valence-electron chi connectivity index (χ1n) is 10.9. The fraction of sp³-hybridized carbons (Fsp3) is 0.320. The average Bonchev–Trinajstić information content (AvgIpc) is 2.84. The maximum Gasteiger partial charge on any atom is 0.224 e. The monoisotopic (exact) mass is 427 g/mol. The standard InChI is InChI=1S/C25H25N5O2/c1-17-28-24(30-8-10-31-11-9-30)14-25(29-17)32-23-12-18(15-26)2-5-22(23)20-4-3-19-6-7-27-16-21(19)13-20/h2-5,12-14,27H,6-11,16H2,1H3. The summed E-state index contributed by atoms with van der Waals surface area (Å²) in [5, 5.41) is 12.9. The molecule has 7 nitrogen and oxygen atoms in total. The molecule has 0 aliphatic carbocycles. The highest BCUT2D eigenvalue weighted by Crippen LogP contribution is 2.36. The van der Waals surface area contributed by atoms with Gasteiger partial charge in [-0.25, -0.2) is 4.98 Å². The first-order chi connectivity index (χ1) is 15.7. The third kappa shape index (κ3) is 4.28. The molecular formula is C25H25N5O2. The number of aryl methyl sites for hydroxylation is 1. The predicted molar refractivity (Wildman–Crippen MR) is 122 cm³/mol. The van der Waals surface area contributed by atoms with Crippen molar-refractivity contribution in [1.82, 2.24) is 15.3 Å². The summed E-state index contributed by atoms with van der Waals surface area (Å²) in [6.45, 7) is 6.67. The van der Waals surface area contributed by atoms with Gasteiger partial charge < -0.3 is 19.7 Å². The van der Waals surface area contributed by atoms with Crippen LogP contribution in [0.4, 0.5) is 5.82 Å². The number of fused-ring (bicyclic) bond motifs is 1. The molecule has 0 atom stereocenters. The summed E-state index contributed by atoms with van der Waals surface area (Å²) in [5.41, 5.74) is 5.22. The average molecular weight is 428 g/mol. The number of nitrogens with one attached hydrogen (secondary N) is 1. The Labute approximate surface area is 187 Å². The SMILES string of the molecule is Cc1nc(Oc2cc(C#N)ccc2-c2ccc3c(c2)CNCC3)cc(N2CCOCC2)n1. The molecule has 2 aliphatic heterocycles. The van der Waals surface area contributed by atoms with E-state index in [1.807, 2.05) is 25.1 Å². The first kappa shape index (κ1) is 20.4. The molecule has 162 valence electrons. The van der Waals surface area contributed by atoms with Crippen LogP contribution in [-0.2, 0) is 17.7 Å². The molecule has 1 fully saturated rings. The highest BCUT2D eigenvalue weighted by atomic mass is 16.5. The molecule has 1 aromatic heterocycles. The lowest BCUT2D eigenvalue weighted by atomic mass is 9.95. The van der Waals surface area contributed by atoms with Gasteiger partial charge in [-0.2, -0.15) is 10.2 Å². The summed E-state index contributed by atoms with van der Waals surface area (Å²) < 4.78 is 11.7. The molecule has 7 heteroatoms. The summed E-state index contributed by atoms with van der Waals surface area (Å²) in [5.74, 6) is 2.55. The summed E-state index contributed by atoms with van der Waals surface area (Å²) in [4.78, 5) is 11.3. The van der Waals surface area contributed by atoms with Gasteiger partial charge in [-0.1, -0.05) is 12.1 Å². The van der Waals surface area contributed by atoms with Crippen LogP contribution in [0.5, 0.6) is 11.6 Å². The van der Waals surface area contributed by atoms with Crippen LogP contribution >= 0.6 is 0 Å². The van der Waals surface area contributed by atoms with E-state index in [9.17, 15) is 5.26 Å². The molecule has 5 rings (SSSR count). The van der Waals surface area contributed by atoms with Gasteiger partial charge in [0.1, 0.15) is 17.4 Å². The van der Waals surface area contributed by atoms with Crippen LogP contribution in [0, 0.1) is 18.3 Å². The molecule has 1 N–H and O–H groups in total. The fourth-order valence-corrected chi connectivity index (χ4v) is 4.21. The van der Waals surface area contributed by atoms with Crippen molar-refractivity contribution in [3.05, 3.63) is 65.0 Å². The van der Waals surface area contributed by atoms with Crippen molar-refractivity contribution in [1.29, 1.82) is 5.26 Å². The lowest BCUT2D eigenvalue weighted by Gasteiger charge is -2.28. The van der Waals surface area contributed by atoms with Crippen LogP contribution in [0.15, 0.2) is 42.5 Å².